The van der Waals surface area contributed by atoms with E-state index in [4.69, 9.17) is 9.15 Å². The van der Waals surface area contributed by atoms with Crippen LogP contribution in [0.15, 0.2) is 16.7 Å². The molecule has 0 bridgehead atoms. The van der Waals surface area contributed by atoms with Gasteiger partial charge in [0.2, 0.25) is 0 Å². The average molecular weight is 265 g/mol. The second kappa shape index (κ2) is 7.71. The van der Waals surface area contributed by atoms with E-state index in [1.807, 2.05) is 6.26 Å². The lowest BCUT2D eigenvalue weighted by Gasteiger charge is -2.13. The predicted octanol–water partition coefficient (Wildman–Crippen LogP) is 4.02. The summed E-state index contributed by atoms with van der Waals surface area (Å²) >= 11 is 0. The summed E-state index contributed by atoms with van der Waals surface area (Å²) in [4.78, 5) is 0. The number of ether oxygens (including phenoxy) is 1. The summed E-state index contributed by atoms with van der Waals surface area (Å²) < 4.78 is 11.5. The molecule has 0 aliphatic heterocycles. The summed E-state index contributed by atoms with van der Waals surface area (Å²) in [5.41, 5.74) is 1.20. The molecule has 0 radical (unpaired) electrons. The number of furan rings is 1. The Hall–Kier alpha value is -0.800. The Morgan fingerprint density at radius 1 is 1.26 bits per heavy atom. The van der Waals surface area contributed by atoms with E-state index >= 15 is 0 Å². The third-order valence-corrected chi connectivity index (χ3v) is 3.69. The maximum atomic E-state index is 5.97. The number of nitrogens with one attached hydrogen (secondary N) is 1. The Morgan fingerprint density at radius 3 is 2.68 bits per heavy atom. The Morgan fingerprint density at radius 2 is 2.00 bits per heavy atom. The largest absolute Gasteiger partial charge is 0.467 e. The molecule has 3 heteroatoms. The van der Waals surface area contributed by atoms with Gasteiger partial charge in [-0.25, -0.2) is 0 Å². The highest BCUT2D eigenvalue weighted by Gasteiger charge is 2.13. The van der Waals surface area contributed by atoms with Crippen molar-refractivity contribution in [1.29, 1.82) is 0 Å². The zero-order valence-corrected chi connectivity index (χ0v) is 12.3. The van der Waals surface area contributed by atoms with Crippen molar-refractivity contribution >= 4 is 0 Å². The van der Waals surface area contributed by atoms with Gasteiger partial charge in [-0.05, 0) is 18.9 Å². The van der Waals surface area contributed by atoms with E-state index in [1.54, 1.807) is 0 Å². The molecule has 1 fully saturated rings. The number of rotatable bonds is 6. The monoisotopic (exact) mass is 265 g/mol. The standard InChI is InChI=1S/C16H27NO2/c1-13(2)17-10-14-9-16(18-11-14)12-19-15-7-5-3-4-6-8-15/h9,11,13,15,17H,3-8,10,12H2,1-2H3. The van der Waals surface area contributed by atoms with Gasteiger partial charge >= 0.3 is 0 Å². The van der Waals surface area contributed by atoms with Crippen molar-refractivity contribution in [2.75, 3.05) is 0 Å². The third-order valence-electron chi connectivity index (χ3n) is 3.69. The molecule has 0 spiro atoms. The molecule has 1 aromatic heterocycles. The van der Waals surface area contributed by atoms with Crippen molar-refractivity contribution in [3.63, 3.8) is 0 Å². The van der Waals surface area contributed by atoms with Gasteiger partial charge in [-0.2, -0.15) is 0 Å². The first-order valence-corrected chi connectivity index (χ1v) is 7.65. The van der Waals surface area contributed by atoms with Crippen molar-refractivity contribution < 1.29 is 9.15 Å². The number of hydrogen-bond donors (Lipinski definition) is 1. The van der Waals surface area contributed by atoms with E-state index in [2.05, 4.69) is 25.2 Å². The summed E-state index contributed by atoms with van der Waals surface area (Å²) in [7, 11) is 0. The minimum Gasteiger partial charge on any atom is -0.467 e. The van der Waals surface area contributed by atoms with Gasteiger partial charge in [-0.15, -0.1) is 0 Å². The first-order chi connectivity index (χ1) is 9.24. The SMILES string of the molecule is CC(C)NCc1coc(COC2CCCCCC2)c1. The molecule has 0 atom stereocenters. The highest BCUT2D eigenvalue weighted by Crippen LogP contribution is 2.21. The van der Waals surface area contributed by atoms with E-state index in [0.29, 0.717) is 18.8 Å². The first kappa shape index (κ1) is 14.6. The second-order valence-electron chi connectivity index (χ2n) is 5.88. The van der Waals surface area contributed by atoms with E-state index in [9.17, 15) is 0 Å². The van der Waals surface area contributed by atoms with Gasteiger partial charge in [0, 0.05) is 18.2 Å². The topological polar surface area (TPSA) is 34.4 Å². The highest BCUT2D eigenvalue weighted by molar-refractivity contribution is 5.12. The molecule has 3 nitrogen and oxygen atoms in total. The molecular weight excluding hydrogens is 238 g/mol. The molecule has 0 saturated heterocycles. The Labute approximate surface area is 116 Å². The molecular formula is C16H27NO2. The minimum atomic E-state index is 0.435. The lowest BCUT2D eigenvalue weighted by atomic mass is 10.1. The molecule has 19 heavy (non-hydrogen) atoms. The molecule has 1 aromatic rings. The van der Waals surface area contributed by atoms with Crippen LogP contribution >= 0.6 is 0 Å². The van der Waals surface area contributed by atoms with Gasteiger partial charge in [-0.1, -0.05) is 39.5 Å². The van der Waals surface area contributed by atoms with Gasteiger partial charge in [0.05, 0.1) is 12.4 Å². The summed E-state index contributed by atoms with van der Waals surface area (Å²) in [6.45, 7) is 5.78. The van der Waals surface area contributed by atoms with Crippen LogP contribution in [0.4, 0.5) is 0 Å². The molecule has 0 aromatic carbocycles. The predicted molar refractivity (Wildman–Crippen MR) is 77.0 cm³/mol. The highest BCUT2D eigenvalue weighted by atomic mass is 16.5. The van der Waals surface area contributed by atoms with Crippen molar-refractivity contribution in [3.8, 4) is 0 Å². The van der Waals surface area contributed by atoms with Crippen molar-refractivity contribution in [2.45, 2.75) is 77.7 Å². The zero-order valence-electron chi connectivity index (χ0n) is 12.3. The van der Waals surface area contributed by atoms with Crippen LogP contribution in [0.1, 0.15) is 63.7 Å². The second-order valence-corrected chi connectivity index (χ2v) is 5.88. The zero-order chi connectivity index (χ0) is 13.5. The van der Waals surface area contributed by atoms with E-state index in [1.165, 1.54) is 44.1 Å². The molecule has 1 saturated carbocycles. The maximum Gasteiger partial charge on any atom is 0.129 e. The molecule has 1 N–H and O–H groups in total. The van der Waals surface area contributed by atoms with E-state index in [0.717, 1.165) is 12.3 Å². The van der Waals surface area contributed by atoms with Gasteiger partial charge in [0.1, 0.15) is 12.4 Å². The van der Waals surface area contributed by atoms with E-state index in [-0.39, 0.29) is 0 Å². The van der Waals surface area contributed by atoms with Crippen LogP contribution in [0.3, 0.4) is 0 Å². The minimum absolute atomic E-state index is 0.435. The molecule has 0 amide bonds. The van der Waals surface area contributed by atoms with Crippen LogP contribution in [0.2, 0.25) is 0 Å². The lowest BCUT2D eigenvalue weighted by Crippen LogP contribution is -2.21. The average Bonchev–Trinajstić information content (AvgIpc) is 2.68. The van der Waals surface area contributed by atoms with Crippen molar-refractivity contribution in [1.82, 2.24) is 5.32 Å². The summed E-state index contributed by atoms with van der Waals surface area (Å²) in [6.07, 6.45) is 10.0. The molecule has 2 rings (SSSR count). The number of hydrogen-bond acceptors (Lipinski definition) is 3. The van der Waals surface area contributed by atoms with Gasteiger partial charge in [0.15, 0.2) is 0 Å². The molecule has 1 heterocycles. The molecule has 1 aliphatic carbocycles. The van der Waals surface area contributed by atoms with Crippen LogP contribution in [-0.4, -0.2) is 12.1 Å². The normalized spacial score (nSPS) is 17.8. The van der Waals surface area contributed by atoms with Crippen LogP contribution in [-0.2, 0) is 17.9 Å². The fraction of sp³-hybridized carbons (Fsp3) is 0.750. The maximum absolute atomic E-state index is 5.97. The quantitative estimate of drug-likeness (QED) is 0.789. The van der Waals surface area contributed by atoms with Crippen molar-refractivity contribution in [2.24, 2.45) is 0 Å². The van der Waals surface area contributed by atoms with Crippen molar-refractivity contribution in [3.05, 3.63) is 23.7 Å². The fourth-order valence-electron chi connectivity index (χ4n) is 2.53. The van der Waals surface area contributed by atoms with Gasteiger partial charge in [-0.3, -0.25) is 0 Å². The summed E-state index contributed by atoms with van der Waals surface area (Å²) in [5, 5.41) is 3.39. The fourth-order valence-corrected chi connectivity index (χ4v) is 2.53. The van der Waals surface area contributed by atoms with Crippen LogP contribution in [0.5, 0.6) is 0 Å². The van der Waals surface area contributed by atoms with E-state index < -0.39 is 0 Å². The van der Waals surface area contributed by atoms with Crippen LogP contribution in [0.25, 0.3) is 0 Å². The Balaban J connectivity index is 1.73. The molecule has 108 valence electrons. The van der Waals surface area contributed by atoms with Gasteiger partial charge < -0.3 is 14.5 Å². The Kier molecular flexibility index (Phi) is 5.93. The first-order valence-electron chi connectivity index (χ1n) is 7.65. The third kappa shape index (κ3) is 5.37. The summed E-state index contributed by atoms with van der Waals surface area (Å²) in [6, 6.07) is 2.60. The van der Waals surface area contributed by atoms with Crippen LogP contribution in [0, 0.1) is 0 Å². The van der Waals surface area contributed by atoms with Crippen LogP contribution < -0.4 is 5.32 Å². The molecule has 0 unspecified atom stereocenters. The lowest BCUT2D eigenvalue weighted by molar-refractivity contribution is 0.0220. The molecule has 1 aliphatic rings. The summed E-state index contributed by atoms with van der Waals surface area (Å²) in [5.74, 6) is 0.949. The smallest absolute Gasteiger partial charge is 0.129 e. The Bertz CT molecular complexity index is 351. The van der Waals surface area contributed by atoms with Gasteiger partial charge in [0.25, 0.3) is 0 Å².